The first-order valence-corrected chi connectivity index (χ1v) is 5.79. The summed E-state index contributed by atoms with van der Waals surface area (Å²) in [5.41, 5.74) is 6.82. The minimum Gasteiger partial charge on any atom is -0.495 e. The van der Waals surface area contributed by atoms with Crippen molar-refractivity contribution in [3.05, 3.63) is 18.2 Å². The fraction of sp³-hybridized carbons (Fsp3) is 0.300. The number of benzene rings is 1. The number of nitrogen functional groups attached to an aromatic ring is 1. The zero-order valence-electron chi connectivity index (χ0n) is 8.74. The van der Waals surface area contributed by atoms with Crippen LogP contribution < -0.4 is 15.8 Å². The molecule has 0 radical (unpaired) electrons. The van der Waals surface area contributed by atoms with Crippen LogP contribution in [0.25, 0.3) is 0 Å². The second kappa shape index (κ2) is 5.50. The summed E-state index contributed by atoms with van der Waals surface area (Å²) in [5.74, 6) is 0.961. The van der Waals surface area contributed by atoms with E-state index in [2.05, 4.69) is 5.32 Å². The second-order valence-corrected chi connectivity index (χ2v) is 3.81. The molecule has 0 fully saturated rings. The maximum Gasteiger partial charge on any atom is 0.234 e. The van der Waals surface area contributed by atoms with Gasteiger partial charge >= 0.3 is 0 Å². The van der Waals surface area contributed by atoms with Crippen molar-refractivity contribution in [3.8, 4) is 5.75 Å². The number of thioether (sulfide) groups is 1. The average molecular weight is 226 g/mol. The number of anilines is 2. The molecule has 1 aromatic rings. The Morgan fingerprint density at radius 3 is 2.93 bits per heavy atom. The third-order valence-electron chi connectivity index (χ3n) is 1.77. The molecular formula is C10H14N2O2S. The third-order valence-corrected chi connectivity index (χ3v) is 2.32. The van der Waals surface area contributed by atoms with Crippen LogP contribution >= 0.6 is 11.8 Å². The van der Waals surface area contributed by atoms with Gasteiger partial charge in [0.15, 0.2) is 0 Å². The lowest BCUT2D eigenvalue weighted by atomic mass is 10.2. The maximum atomic E-state index is 11.4. The van der Waals surface area contributed by atoms with Gasteiger partial charge in [-0.1, -0.05) is 0 Å². The lowest BCUT2D eigenvalue weighted by Gasteiger charge is -2.10. The van der Waals surface area contributed by atoms with Crippen molar-refractivity contribution < 1.29 is 9.53 Å². The quantitative estimate of drug-likeness (QED) is 0.765. The molecule has 0 heterocycles. The summed E-state index contributed by atoms with van der Waals surface area (Å²) in [5, 5.41) is 2.74. The largest absolute Gasteiger partial charge is 0.495 e. The fourth-order valence-electron chi connectivity index (χ4n) is 1.14. The minimum absolute atomic E-state index is 0.0635. The van der Waals surface area contributed by atoms with E-state index in [-0.39, 0.29) is 5.91 Å². The number of nitrogens with one attached hydrogen (secondary N) is 1. The van der Waals surface area contributed by atoms with Crippen molar-refractivity contribution in [2.45, 2.75) is 0 Å². The van der Waals surface area contributed by atoms with Crippen molar-refractivity contribution in [2.75, 3.05) is 30.2 Å². The summed E-state index contributed by atoms with van der Waals surface area (Å²) >= 11 is 1.46. The monoisotopic (exact) mass is 226 g/mol. The molecule has 5 heteroatoms. The van der Waals surface area contributed by atoms with Crippen molar-refractivity contribution in [3.63, 3.8) is 0 Å². The number of nitrogens with two attached hydrogens (primary N) is 1. The van der Waals surface area contributed by atoms with Gasteiger partial charge in [0.2, 0.25) is 5.91 Å². The van der Waals surface area contributed by atoms with E-state index in [1.54, 1.807) is 25.3 Å². The van der Waals surface area contributed by atoms with Gasteiger partial charge in [-0.25, -0.2) is 0 Å². The van der Waals surface area contributed by atoms with E-state index in [1.807, 2.05) is 6.26 Å². The standard InChI is InChI=1S/C10H14N2O2S/c1-14-9-4-3-7(11)5-8(9)12-10(13)6-15-2/h3-5H,6,11H2,1-2H3,(H,12,13). The summed E-state index contributed by atoms with van der Waals surface area (Å²) in [6, 6.07) is 5.13. The fourth-order valence-corrected chi connectivity index (χ4v) is 1.48. The molecular weight excluding hydrogens is 212 g/mol. The first-order valence-electron chi connectivity index (χ1n) is 4.39. The first kappa shape index (κ1) is 11.7. The molecule has 1 amide bonds. The Hall–Kier alpha value is -1.36. The molecule has 0 atom stereocenters. The number of amides is 1. The zero-order valence-corrected chi connectivity index (χ0v) is 9.56. The highest BCUT2D eigenvalue weighted by Crippen LogP contribution is 2.26. The van der Waals surface area contributed by atoms with Crippen LogP contribution in [-0.4, -0.2) is 25.0 Å². The molecule has 4 nitrogen and oxygen atoms in total. The van der Waals surface area contributed by atoms with E-state index in [4.69, 9.17) is 10.5 Å². The van der Waals surface area contributed by atoms with Gasteiger partial charge in [-0.3, -0.25) is 4.79 Å². The van der Waals surface area contributed by atoms with Crippen LogP contribution in [-0.2, 0) is 4.79 Å². The number of rotatable bonds is 4. The van der Waals surface area contributed by atoms with Gasteiger partial charge in [-0.15, -0.1) is 0 Å². The molecule has 1 aromatic carbocycles. The van der Waals surface area contributed by atoms with Gasteiger partial charge in [0.1, 0.15) is 5.75 Å². The molecule has 0 aliphatic rings. The molecule has 0 aromatic heterocycles. The van der Waals surface area contributed by atoms with Gasteiger partial charge in [-0.2, -0.15) is 11.8 Å². The van der Waals surface area contributed by atoms with E-state index >= 15 is 0 Å². The average Bonchev–Trinajstić information content (AvgIpc) is 2.18. The molecule has 0 aliphatic heterocycles. The Balaban J connectivity index is 2.82. The van der Waals surface area contributed by atoms with Crippen LogP contribution in [0.3, 0.4) is 0 Å². The zero-order chi connectivity index (χ0) is 11.3. The van der Waals surface area contributed by atoms with Gasteiger partial charge in [0.05, 0.1) is 18.6 Å². The summed E-state index contributed by atoms with van der Waals surface area (Å²) in [7, 11) is 1.55. The molecule has 82 valence electrons. The Labute approximate surface area is 93.2 Å². The van der Waals surface area contributed by atoms with Gasteiger partial charge in [-0.05, 0) is 24.5 Å². The van der Waals surface area contributed by atoms with E-state index in [1.165, 1.54) is 11.8 Å². The first-order chi connectivity index (χ1) is 7.17. The molecule has 3 N–H and O–H groups in total. The Kier molecular flexibility index (Phi) is 4.30. The Bertz CT molecular complexity index is 355. The SMILES string of the molecule is COc1ccc(N)cc1NC(=O)CSC. The number of methoxy groups -OCH3 is 1. The van der Waals surface area contributed by atoms with Crippen molar-refractivity contribution in [1.82, 2.24) is 0 Å². The van der Waals surface area contributed by atoms with E-state index in [9.17, 15) is 4.79 Å². The lowest BCUT2D eigenvalue weighted by Crippen LogP contribution is -2.14. The van der Waals surface area contributed by atoms with Crippen LogP contribution in [0, 0.1) is 0 Å². The van der Waals surface area contributed by atoms with E-state index in [0.717, 1.165) is 0 Å². The lowest BCUT2D eigenvalue weighted by molar-refractivity contribution is -0.113. The normalized spacial score (nSPS) is 9.73. The maximum absolute atomic E-state index is 11.4. The third kappa shape index (κ3) is 3.36. The van der Waals surface area contributed by atoms with Crippen LogP contribution in [0.4, 0.5) is 11.4 Å². The molecule has 0 unspecified atom stereocenters. The highest BCUT2D eigenvalue weighted by atomic mass is 32.2. The second-order valence-electron chi connectivity index (χ2n) is 2.94. The van der Waals surface area contributed by atoms with Crippen LogP contribution in [0.15, 0.2) is 18.2 Å². The number of ether oxygens (including phenoxy) is 1. The van der Waals surface area contributed by atoms with Gasteiger partial charge < -0.3 is 15.8 Å². The summed E-state index contributed by atoms with van der Waals surface area (Å²) < 4.78 is 5.10. The predicted octanol–water partition coefficient (Wildman–Crippen LogP) is 1.58. The Morgan fingerprint density at radius 2 is 2.33 bits per heavy atom. The van der Waals surface area contributed by atoms with Gasteiger partial charge in [0.25, 0.3) is 0 Å². The molecule has 15 heavy (non-hydrogen) atoms. The number of carbonyl (C=O) groups is 1. The summed E-state index contributed by atoms with van der Waals surface area (Å²) in [6.45, 7) is 0. The van der Waals surface area contributed by atoms with Crippen molar-refractivity contribution >= 4 is 29.0 Å². The van der Waals surface area contributed by atoms with Crippen LogP contribution in [0.1, 0.15) is 0 Å². The van der Waals surface area contributed by atoms with E-state index in [0.29, 0.717) is 22.9 Å². The van der Waals surface area contributed by atoms with Crippen LogP contribution in [0.5, 0.6) is 5.75 Å². The molecule has 0 saturated carbocycles. The van der Waals surface area contributed by atoms with E-state index < -0.39 is 0 Å². The van der Waals surface area contributed by atoms with Crippen LogP contribution in [0.2, 0.25) is 0 Å². The molecule has 0 bridgehead atoms. The number of carbonyl (C=O) groups excluding carboxylic acids is 1. The molecule has 1 rings (SSSR count). The molecule has 0 saturated heterocycles. The Morgan fingerprint density at radius 1 is 1.60 bits per heavy atom. The molecule has 0 aliphatic carbocycles. The van der Waals surface area contributed by atoms with Gasteiger partial charge in [0, 0.05) is 5.69 Å². The van der Waals surface area contributed by atoms with Crippen molar-refractivity contribution in [2.24, 2.45) is 0 Å². The highest BCUT2D eigenvalue weighted by molar-refractivity contribution is 7.99. The van der Waals surface area contributed by atoms with Crippen molar-refractivity contribution in [1.29, 1.82) is 0 Å². The topological polar surface area (TPSA) is 64.3 Å². The predicted molar refractivity (Wildman–Crippen MR) is 64.4 cm³/mol. The molecule has 0 spiro atoms. The summed E-state index contributed by atoms with van der Waals surface area (Å²) in [6.07, 6.45) is 1.87. The minimum atomic E-state index is -0.0635. The number of hydrogen-bond donors (Lipinski definition) is 2. The number of hydrogen-bond acceptors (Lipinski definition) is 4. The highest BCUT2D eigenvalue weighted by Gasteiger charge is 2.06. The smallest absolute Gasteiger partial charge is 0.234 e. The summed E-state index contributed by atoms with van der Waals surface area (Å²) in [4.78, 5) is 11.4.